The molecular formula is C15H15NO4. The number of aryl methyl sites for hydroxylation is 1. The fourth-order valence-electron chi connectivity index (χ4n) is 1.72. The van der Waals surface area contributed by atoms with Gasteiger partial charge in [0.25, 0.3) is 5.91 Å². The van der Waals surface area contributed by atoms with Crippen LogP contribution in [0.3, 0.4) is 0 Å². The summed E-state index contributed by atoms with van der Waals surface area (Å²) in [5, 5.41) is 2.67. The third kappa shape index (κ3) is 3.06. The summed E-state index contributed by atoms with van der Waals surface area (Å²) in [5.41, 5.74) is 0.881. The van der Waals surface area contributed by atoms with Crippen molar-refractivity contribution in [1.82, 2.24) is 0 Å². The van der Waals surface area contributed by atoms with Crippen molar-refractivity contribution >= 4 is 17.6 Å². The quantitative estimate of drug-likeness (QED) is 0.870. The molecule has 1 aromatic carbocycles. The van der Waals surface area contributed by atoms with Gasteiger partial charge >= 0.3 is 5.97 Å². The number of hydrogen-bond donors (Lipinski definition) is 1. The van der Waals surface area contributed by atoms with Crippen LogP contribution in [0.5, 0.6) is 0 Å². The smallest absolute Gasteiger partial charge is 0.337 e. The zero-order chi connectivity index (χ0) is 14.5. The first kappa shape index (κ1) is 13.9. The van der Waals surface area contributed by atoms with Crippen molar-refractivity contribution in [1.29, 1.82) is 0 Å². The molecule has 0 fully saturated rings. The van der Waals surface area contributed by atoms with Crippen LogP contribution in [0, 0.1) is 0 Å². The van der Waals surface area contributed by atoms with Gasteiger partial charge in [0.1, 0.15) is 5.76 Å². The largest absolute Gasteiger partial charge is 0.465 e. The molecule has 104 valence electrons. The minimum Gasteiger partial charge on any atom is -0.465 e. The Morgan fingerprint density at radius 1 is 1.25 bits per heavy atom. The van der Waals surface area contributed by atoms with Crippen LogP contribution in [0.15, 0.2) is 40.8 Å². The molecule has 0 atom stereocenters. The van der Waals surface area contributed by atoms with Gasteiger partial charge in [0.15, 0.2) is 5.76 Å². The van der Waals surface area contributed by atoms with E-state index in [2.05, 4.69) is 10.1 Å². The average Bonchev–Trinajstić information content (AvgIpc) is 2.95. The standard InChI is InChI=1S/C15H15NO4/c1-3-12-7-8-13(20-12)14(17)16-11-6-4-5-10(9-11)15(18)19-2/h4-9H,3H2,1-2H3,(H,16,17). The lowest BCUT2D eigenvalue weighted by molar-refractivity contribution is 0.0600. The van der Waals surface area contributed by atoms with E-state index in [1.165, 1.54) is 7.11 Å². The van der Waals surface area contributed by atoms with Gasteiger partial charge in [-0.15, -0.1) is 0 Å². The molecule has 0 radical (unpaired) electrons. The highest BCUT2D eigenvalue weighted by Crippen LogP contribution is 2.14. The highest BCUT2D eigenvalue weighted by molar-refractivity contribution is 6.03. The Kier molecular flexibility index (Phi) is 4.20. The predicted octanol–water partition coefficient (Wildman–Crippen LogP) is 2.88. The van der Waals surface area contributed by atoms with Gasteiger partial charge in [-0.25, -0.2) is 4.79 Å². The monoisotopic (exact) mass is 273 g/mol. The van der Waals surface area contributed by atoms with Crippen molar-refractivity contribution < 1.29 is 18.7 Å². The fourth-order valence-corrected chi connectivity index (χ4v) is 1.72. The number of hydrogen-bond acceptors (Lipinski definition) is 4. The van der Waals surface area contributed by atoms with E-state index in [0.717, 1.165) is 12.2 Å². The molecule has 1 amide bonds. The number of ether oxygens (including phenoxy) is 1. The summed E-state index contributed by atoms with van der Waals surface area (Å²) in [7, 11) is 1.31. The van der Waals surface area contributed by atoms with Crippen LogP contribution in [0.4, 0.5) is 5.69 Å². The van der Waals surface area contributed by atoms with E-state index in [1.54, 1.807) is 36.4 Å². The third-order valence-corrected chi connectivity index (χ3v) is 2.78. The van der Waals surface area contributed by atoms with Crippen molar-refractivity contribution in [3.63, 3.8) is 0 Å². The van der Waals surface area contributed by atoms with Gasteiger partial charge in [-0.05, 0) is 30.3 Å². The number of amides is 1. The van der Waals surface area contributed by atoms with E-state index >= 15 is 0 Å². The van der Waals surface area contributed by atoms with Crippen LogP contribution in [0.2, 0.25) is 0 Å². The van der Waals surface area contributed by atoms with E-state index in [-0.39, 0.29) is 11.7 Å². The molecule has 1 N–H and O–H groups in total. The molecule has 0 spiro atoms. The van der Waals surface area contributed by atoms with Gasteiger partial charge in [-0.3, -0.25) is 4.79 Å². The lowest BCUT2D eigenvalue weighted by Gasteiger charge is -2.05. The van der Waals surface area contributed by atoms with Crippen molar-refractivity contribution in [2.45, 2.75) is 13.3 Å². The number of esters is 1. The Bertz CT molecular complexity index is 630. The van der Waals surface area contributed by atoms with Gasteiger partial charge in [-0.1, -0.05) is 13.0 Å². The van der Waals surface area contributed by atoms with Crippen LogP contribution < -0.4 is 5.32 Å². The number of benzene rings is 1. The van der Waals surface area contributed by atoms with Crippen molar-refractivity contribution in [3.8, 4) is 0 Å². The molecule has 0 aliphatic rings. The summed E-state index contributed by atoms with van der Waals surface area (Å²) >= 11 is 0. The molecule has 1 aromatic heterocycles. The van der Waals surface area contributed by atoms with Crippen molar-refractivity contribution in [2.24, 2.45) is 0 Å². The zero-order valence-corrected chi connectivity index (χ0v) is 11.3. The Labute approximate surface area is 116 Å². The maximum absolute atomic E-state index is 12.0. The first-order chi connectivity index (χ1) is 9.63. The highest BCUT2D eigenvalue weighted by atomic mass is 16.5. The summed E-state index contributed by atoms with van der Waals surface area (Å²) in [6, 6.07) is 9.91. The summed E-state index contributed by atoms with van der Waals surface area (Å²) in [6.07, 6.45) is 0.727. The number of furan rings is 1. The molecule has 0 saturated heterocycles. The Morgan fingerprint density at radius 3 is 2.70 bits per heavy atom. The molecule has 1 heterocycles. The van der Waals surface area contributed by atoms with Crippen LogP contribution in [-0.2, 0) is 11.2 Å². The number of carbonyl (C=O) groups is 2. The minimum atomic E-state index is -0.452. The van der Waals surface area contributed by atoms with Crippen molar-refractivity contribution in [3.05, 3.63) is 53.5 Å². The topological polar surface area (TPSA) is 68.5 Å². The molecule has 2 rings (SSSR count). The highest BCUT2D eigenvalue weighted by Gasteiger charge is 2.12. The van der Waals surface area contributed by atoms with Gasteiger partial charge < -0.3 is 14.5 Å². The van der Waals surface area contributed by atoms with Crippen LogP contribution in [0.25, 0.3) is 0 Å². The maximum atomic E-state index is 12.0. The van der Waals surface area contributed by atoms with Crippen LogP contribution in [0.1, 0.15) is 33.6 Å². The number of rotatable bonds is 4. The van der Waals surface area contributed by atoms with Gasteiger partial charge in [0, 0.05) is 12.1 Å². The molecule has 20 heavy (non-hydrogen) atoms. The fraction of sp³-hybridized carbons (Fsp3) is 0.200. The normalized spacial score (nSPS) is 10.1. The summed E-state index contributed by atoms with van der Waals surface area (Å²) < 4.78 is 9.99. The first-order valence-corrected chi connectivity index (χ1v) is 6.22. The molecule has 0 aliphatic carbocycles. The Morgan fingerprint density at radius 2 is 2.05 bits per heavy atom. The van der Waals surface area contributed by atoms with Gasteiger partial charge in [0.05, 0.1) is 12.7 Å². The molecule has 0 aliphatic heterocycles. The average molecular weight is 273 g/mol. The maximum Gasteiger partial charge on any atom is 0.337 e. The number of anilines is 1. The van der Waals surface area contributed by atoms with Gasteiger partial charge in [-0.2, -0.15) is 0 Å². The molecule has 5 heteroatoms. The second-order valence-corrected chi connectivity index (χ2v) is 4.15. The van der Waals surface area contributed by atoms with E-state index in [1.807, 2.05) is 6.92 Å². The summed E-state index contributed by atoms with van der Waals surface area (Å²) in [6.45, 7) is 1.94. The van der Waals surface area contributed by atoms with E-state index in [9.17, 15) is 9.59 Å². The third-order valence-electron chi connectivity index (χ3n) is 2.78. The first-order valence-electron chi connectivity index (χ1n) is 6.22. The number of carbonyl (C=O) groups excluding carboxylic acids is 2. The zero-order valence-electron chi connectivity index (χ0n) is 11.3. The van der Waals surface area contributed by atoms with Crippen LogP contribution >= 0.6 is 0 Å². The lowest BCUT2D eigenvalue weighted by atomic mass is 10.2. The molecular weight excluding hydrogens is 258 g/mol. The molecule has 2 aromatic rings. The molecule has 5 nitrogen and oxygen atoms in total. The van der Waals surface area contributed by atoms with E-state index < -0.39 is 5.97 Å². The molecule has 0 saturated carbocycles. The SMILES string of the molecule is CCc1ccc(C(=O)Nc2cccc(C(=O)OC)c2)o1. The predicted molar refractivity (Wildman–Crippen MR) is 73.8 cm³/mol. The Hall–Kier alpha value is -2.56. The van der Waals surface area contributed by atoms with Crippen molar-refractivity contribution in [2.75, 3.05) is 12.4 Å². The second kappa shape index (κ2) is 6.06. The van der Waals surface area contributed by atoms with Gasteiger partial charge in [0.2, 0.25) is 0 Å². The number of methoxy groups -OCH3 is 1. The van der Waals surface area contributed by atoms with Crippen LogP contribution in [-0.4, -0.2) is 19.0 Å². The second-order valence-electron chi connectivity index (χ2n) is 4.15. The summed E-state index contributed by atoms with van der Waals surface area (Å²) in [4.78, 5) is 23.4. The Balaban J connectivity index is 2.13. The number of nitrogens with one attached hydrogen (secondary N) is 1. The summed E-state index contributed by atoms with van der Waals surface area (Å²) in [5.74, 6) is 0.183. The minimum absolute atomic E-state index is 0.241. The molecule has 0 unspecified atom stereocenters. The van der Waals surface area contributed by atoms with E-state index in [0.29, 0.717) is 11.3 Å². The lowest BCUT2D eigenvalue weighted by Crippen LogP contribution is -2.11. The van der Waals surface area contributed by atoms with E-state index in [4.69, 9.17) is 4.42 Å². The molecule has 0 bridgehead atoms.